The molecule has 1 unspecified atom stereocenters. The van der Waals surface area contributed by atoms with Gasteiger partial charge in [-0.1, -0.05) is 11.6 Å². The van der Waals surface area contributed by atoms with Crippen LogP contribution in [0.1, 0.15) is 31.3 Å². The SMILES string of the molecule is CCOc1ccc(NC(C)c2nccnc2C)cc1Cl. The maximum atomic E-state index is 6.18. The lowest BCUT2D eigenvalue weighted by molar-refractivity contribution is 0.340. The van der Waals surface area contributed by atoms with Gasteiger partial charge in [-0.25, -0.2) is 0 Å². The summed E-state index contributed by atoms with van der Waals surface area (Å²) in [5.74, 6) is 0.697. The summed E-state index contributed by atoms with van der Waals surface area (Å²) in [4.78, 5) is 8.61. The Morgan fingerprint density at radius 3 is 2.70 bits per heavy atom. The molecule has 1 atom stereocenters. The fraction of sp³-hybridized carbons (Fsp3) is 0.333. The second kappa shape index (κ2) is 6.57. The number of anilines is 1. The van der Waals surface area contributed by atoms with E-state index in [0.29, 0.717) is 17.4 Å². The molecule has 0 aliphatic rings. The van der Waals surface area contributed by atoms with Crippen molar-refractivity contribution in [3.63, 3.8) is 0 Å². The number of nitrogens with one attached hydrogen (secondary N) is 1. The van der Waals surface area contributed by atoms with Gasteiger partial charge in [-0.3, -0.25) is 9.97 Å². The smallest absolute Gasteiger partial charge is 0.138 e. The van der Waals surface area contributed by atoms with Crippen LogP contribution in [-0.4, -0.2) is 16.6 Å². The molecule has 1 N–H and O–H groups in total. The van der Waals surface area contributed by atoms with Crippen LogP contribution in [0.5, 0.6) is 5.75 Å². The Balaban J connectivity index is 2.14. The quantitative estimate of drug-likeness (QED) is 0.904. The predicted octanol–water partition coefficient (Wildman–Crippen LogP) is 4.01. The van der Waals surface area contributed by atoms with Crippen LogP contribution in [-0.2, 0) is 0 Å². The molecule has 0 radical (unpaired) electrons. The first-order chi connectivity index (χ1) is 9.61. The van der Waals surface area contributed by atoms with Crippen molar-refractivity contribution in [3.8, 4) is 5.75 Å². The minimum Gasteiger partial charge on any atom is -0.492 e. The third kappa shape index (κ3) is 3.39. The molecule has 0 saturated carbocycles. The third-order valence-electron chi connectivity index (χ3n) is 2.94. The van der Waals surface area contributed by atoms with Gasteiger partial charge in [-0.15, -0.1) is 0 Å². The van der Waals surface area contributed by atoms with Crippen molar-refractivity contribution < 1.29 is 4.74 Å². The van der Waals surface area contributed by atoms with Crippen LogP contribution in [0.3, 0.4) is 0 Å². The van der Waals surface area contributed by atoms with Crippen LogP contribution in [0.4, 0.5) is 5.69 Å². The van der Waals surface area contributed by atoms with Crippen LogP contribution in [0.25, 0.3) is 0 Å². The standard InChI is InChI=1S/C15H18ClN3O/c1-4-20-14-6-5-12(9-13(14)16)19-11(3)15-10(2)17-7-8-18-15/h5-9,11,19H,4H2,1-3H3. The molecule has 5 heteroatoms. The summed E-state index contributed by atoms with van der Waals surface area (Å²) in [5.41, 5.74) is 2.78. The van der Waals surface area contributed by atoms with Gasteiger partial charge in [0.15, 0.2) is 0 Å². The van der Waals surface area contributed by atoms with E-state index >= 15 is 0 Å². The van der Waals surface area contributed by atoms with Crippen molar-refractivity contribution in [1.29, 1.82) is 0 Å². The highest BCUT2D eigenvalue weighted by Crippen LogP contribution is 2.29. The van der Waals surface area contributed by atoms with Gasteiger partial charge in [0.1, 0.15) is 5.75 Å². The average Bonchev–Trinajstić information content (AvgIpc) is 2.42. The van der Waals surface area contributed by atoms with E-state index < -0.39 is 0 Å². The number of hydrogen-bond donors (Lipinski definition) is 1. The maximum absolute atomic E-state index is 6.18. The minimum absolute atomic E-state index is 0.0534. The first-order valence-corrected chi connectivity index (χ1v) is 6.96. The van der Waals surface area contributed by atoms with E-state index in [1.807, 2.05) is 39.0 Å². The molecular weight excluding hydrogens is 274 g/mol. The number of rotatable bonds is 5. The zero-order valence-corrected chi connectivity index (χ0v) is 12.6. The lowest BCUT2D eigenvalue weighted by Crippen LogP contribution is -2.11. The van der Waals surface area contributed by atoms with Crippen molar-refractivity contribution in [2.45, 2.75) is 26.8 Å². The predicted molar refractivity (Wildman–Crippen MR) is 81.4 cm³/mol. The van der Waals surface area contributed by atoms with E-state index in [-0.39, 0.29) is 6.04 Å². The summed E-state index contributed by atoms with van der Waals surface area (Å²) in [6, 6.07) is 5.72. The summed E-state index contributed by atoms with van der Waals surface area (Å²) < 4.78 is 5.42. The average molecular weight is 292 g/mol. The maximum Gasteiger partial charge on any atom is 0.138 e. The van der Waals surface area contributed by atoms with Gasteiger partial charge in [0.05, 0.1) is 29.1 Å². The molecule has 20 heavy (non-hydrogen) atoms. The summed E-state index contributed by atoms with van der Waals surface area (Å²) in [6.07, 6.45) is 3.39. The highest BCUT2D eigenvalue weighted by Gasteiger charge is 2.11. The second-order valence-electron chi connectivity index (χ2n) is 4.47. The van der Waals surface area contributed by atoms with Gasteiger partial charge >= 0.3 is 0 Å². The van der Waals surface area contributed by atoms with E-state index in [1.54, 1.807) is 12.4 Å². The molecule has 0 spiro atoms. The fourth-order valence-corrected chi connectivity index (χ4v) is 2.26. The molecule has 2 aromatic rings. The van der Waals surface area contributed by atoms with Crippen LogP contribution in [0.15, 0.2) is 30.6 Å². The zero-order valence-electron chi connectivity index (χ0n) is 11.9. The Bertz CT molecular complexity index is 589. The molecule has 0 fully saturated rings. The highest BCUT2D eigenvalue weighted by atomic mass is 35.5. The van der Waals surface area contributed by atoms with E-state index in [0.717, 1.165) is 17.1 Å². The number of ether oxygens (including phenoxy) is 1. The van der Waals surface area contributed by atoms with Gasteiger partial charge in [0, 0.05) is 18.1 Å². The monoisotopic (exact) mass is 291 g/mol. The van der Waals surface area contributed by atoms with E-state index in [9.17, 15) is 0 Å². The molecule has 1 heterocycles. The van der Waals surface area contributed by atoms with Gasteiger partial charge in [-0.2, -0.15) is 0 Å². The normalized spacial score (nSPS) is 12.0. The molecule has 4 nitrogen and oxygen atoms in total. The lowest BCUT2D eigenvalue weighted by atomic mass is 10.1. The fourth-order valence-electron chi connectivity index (χ4n) is 2.02. The summed E-state index contributed by atoms with van der Waals surface area (Å²) in [6.45, 7) is 6.52. The highest BCUT2D eigenvalue weighted by molar-refractivity contribution is 6.32. The Morgan fingerprint density at radius 2 is 2.05 bits per heavy atom. The van der Waals surface area contributed by atoms with Crippen LogP contribution >= 0.6 is 11.6 Å². The van der Waals surface area contributed by atoms with Crippen molar-refractivity contribution >= 4 is 17.3 Å². The second-order valence-corrected chi connectivity index (χ2v) is 4.88. The number of aromatic nitrogens is 2. The van der Waals surface area contributed by atoms with Crippen molar-refractivity contribution in [1.82, 2.24) is 9.97 Å². The summed E-state index contributed by atoms with van der Waals surface area (Å²) >= 11 is 6.18. The molecule has 0 aliphatic heterocycles. The molecule has 1 aromatic heterocycles. The Morgan fingerprint density at radius 1 is 1.30 bits per heavy atom. The molecule has 0 aliphatic carbocycles. The van der Waals surface area contributed by atoms with Gasteiger partial charge in [0.25, 0.3) is 0 Å². The molecule has 106 valence electrons. The number of benzene rings is 1. The lowest BCUT2D eigenvalue weighted by Gasteiger charge is -2.17. The van der Waals surface area contributed by atoms with Crippen molar-refractivity contribution in [3.05, 3.63) is 47.0 Å². The first-order valence-electron chi connectivity index (χ1n) is 6.58. The van der Waals surface area contributed by atoms with E-state index in [2.05, 4.69) is 15.3 Å². The number of hydrogen-bond acceptors (Lipinski definition) is 4. The van der Waals surface area contributed by atoms with Crippen molar-refractivity contribution in [2.75, 3.05) is 11.9 Å². The Kier molecular flexibility index (Phi) is 4.79. The molecule has 0 saturated heterocycles. The third-order valence-corrected chi connectivity index (χ3v) is 3.24. The largest absolute Gasteiger partial charge is 0.492 e. The first kappa shape index (κ1) is 14.6. The van der Waals surface area contributed by atoms with Crippen molar-refractivity contribution in [2.24, 2.45) is 0 Å². The molecule has 0 amide bonds. The van der Waals surface area contributed by atoms with Crippen LogP contribution < -0.4 is 10.1 Å². The number of aryl methyl sites for hydroxylation is 1. The summed E-state index contributed by atoms with van der Waals surface area (Å²) in [5, 5.41) is 3.96. The number of halogens is 1. The molecular formula is C15H18ClN3O. The summed E-state index contributed by atoms with van der Waals surface area (Å²) in [7, 11) is 0. The van der Waals surface area contributed by atoms with Crippen LogP contribution in [0.2, 0.25) is 5.02 Å². The number of nitrogens with zero attached hydrogens (tertiary/aromatic N) is 2. The topological polar surface area (TPSA) is 47.0 Å². The Labute approximate surface area is 124 Å². The molecule has 0 bridgehead atoms. The van der Waals surface area contributed by atoms with Gasteiger partial charge in [0.2, 0.25) is 0 Å². The van der Waals surface area contributed by atoms with E-state index in [4.69, 9.17) is 16.3 Å². The van der Waals surface area contributed by atoms with E-state index in [1.165, 1.54) is 0 Å². The zero-order chi connectivity index (χ0) is 14.5. The minimum atomic E-state index is 0.0534. The van der Waals surface area contributed by atoms with Gasteiger partial charge in [-0.05, 0) is 39.0 Å². The van der Waals surface area contributed by atoms with Gasteiger partial charge < -0.3 is 10.1 Å². The molecule has 1 aromatic carbocycles. The Hall–Kier alpha value is -1.81. The molecule has 2 rings (SSSR count). The van der Waals surface area contributed by atoms with Crippen LogP contribution in [0, 0.1) is 6.92 Å².